The Balaban J connectivity index is 1.07. The lowest BCUT2D eigenvalue weighted by Gasteiger charge is -2.23. The van der Waals surface area contributed by atoms with Gasteiger partial charge in [0.1, 0.15) is 12.0 Å². The summed E-state index contributed by atoms with van der Waals surface area (Å²) in [5.41, 5.74) is 10.1. The molecule has 254 valence electrons. The number of rotatable bonds is 5. The van der Waals surface area contributed by atoms with E-state index in [0.29, 0.717) is 5.84 Å². The first-order chi connectivity index (χ1) is 26.8. The van der Waals surface area contributed by atoms with Gasteiger partial charge >= 0.3 is 0 Å². The molecule has 0 aliphatic carbocycles. The van der Waals surface area contributed by atoms with Crippen molar-refractivity contribution in [3.05, 3.63) is 205 Å². The first kappa shape index (κ1) is 30.4. The summed E-state index contributed by atoms with van der Waals surface area (Å²) >= 11 is 0. The zero-order valence-corrected chi connectivity index (χ0v) is 29.3. The lowest BCUT2D eigenvalue weighted by molar-refractivity contribution is 0.674. The van der Waals surface area contributed by atoms with Crippen molar-refractivity contribution in [1.82, 2.24) is 14.5 Å². The number of aliphatic imine (C=N–C) groups is 2. The topological polar surface area (TPSA) is 46.6 Å². The van der Waals surface area contributed by atoms with Crippen molar-refractivity contribution in [3.63, 3.8) is 0 Å². The van der Waals surface area contributed by atoms with E-state index in [0.717, 1.165) is 44.7 Å². The molecule has 0 radical (unpaired) electrons. The van der Waals surface area contributed by atoms with E-state index in [1.807, 2.05) is 24.3 Å². The van der Waals surface area contributed by atoms with Crippen molar-refractivity contribution in [1.29, 1.82) is 0 Å². The molecule has 0 amide bonds. The van der Waals surface area contributed by atoms with E-state index in [1.165, 1.54) is 43.6 Å². The molecule has 1 aliphatic rings. The summed E-state index contributed by atoms with van der Waals surface area (Å²) in [5, 5.41) is 10.9. The van der Waals surface area contributed by atoms with Gasteiger partial charge in [-0.25, -0.2) is 9.98 Å². The molecule has 0 saturated carbocycles. The van der Waals surface area contributed by atoms with Gasteiger partial charge in [0, 0.05) is 44.0 Å². The Kier molecular flexibility index (Phi) is 6.85. The molecule has 54 heavy (non-hydrogen) atoms. The van der Waals surface area contributed by atoms with Gasteiger partial charge in [-0.3, -0.25) is 0 Å². The third kappa shape index (κ3) is 4.86. The number of para-hydroxylation sites is 3. The minimum absolute atomic E-state index is 0.241. The van der Waals surface area contributed by atoms with E-state index in [2.05, 4.69) is 178 Å². The molecule has 0 fully saturated rings. The summed E-state index contributed by atoms with van der Waals surface area (Å²) in [6.07, 6.45) is -0.241. The maximum Gasteiger partial charge on any atom is 0.159 e. The van der Waals surface area contributed by atoms with Gasteiger partial charge in [-0.15, -0.1) is 0 Å². The molecular formula is C49H33N5. The van der Waals surface area contributed by atoms with Crippen LogP contribution in [0.1, 0.15) is 22.9 Å². The van der Waals surface area contributed by atoms with Gasteiger partial charge in [0.05, 0.1) is 22.1 Å². The van der Waals surface area contributed by atoms with Gasteiger partial charge in [0.15, 0.2) is 5.84 Å². The van der Waals surface area contributed by atoms with E-state index < -0.39 is 0 Å². The van der Waals surface area contributed by atoms with Crippen molar-refractivity contribution >= 4 is 66.1 Å². The highest BCUT2D eigenvalue weighted by molar-refractivity contribution is 6.19. The molecular weight excluding hydrogens is 659 g/mol. The van der Waals surface area contributed by atoms with E-state index >= 15 is 0 Å². The highest BCUT2D eigenvalue weighted by atomic mass is 15.2. The molecule has 8 aromatic carbocycles. The van der Waals surface area contributed by atoms with Crippen molar-refractivity contribution in [2.75, 3.05) is 0 Å². The van der Waals surface area contributed by atoms with E-state index in [9.17, 15) is 0 Å². The summed E-state index contributed by atoms with van der Waals surface area (Å²) < 4.78 is 4.81. The van der Waals surface area contributed by atoms with Crippen LogP contribution in [0, 0.1) is 0 Å². The zero-order chi connectivity index (χ0) is 35.6. The van der Waals surface area contributed by atoms with Crippen molar-refractivity contribution in [2.24, 2.45) is 9.98 Å². The van der Waals surface area contributed by atoms with E-state index in [1.54, 1.807) is 0 Å². The standard InChI is InChI=1S/C49H33N5/c1-4-14-32(15-5-1)47-50-48(33-16-6-2-7-17-33)52-49(51-47)36-25-24-35-29-38(27-26-34(35)28-36)54-44-23-13-11-21-40(44)42-30-41-39-20-10-12-22-43(39)53(45(41)31-46(42)54)37-18-8-3-9-19-37/h1-31,47H,(H,50,51,52). The second-order valence-corrected chi connectivity index (χ2v) is 13.9. The average molecular weight is 692 g/mol. The van der Waals surface area contributed by atoms with Crippen LogP contribution >= 0.6 is 0 Å². The van der Waals surface area contributed by atoms with Crippen LogP contribution in [0.5, 0.6) is 0 Å². The highest BCUT2D eigenvalue weighted by Crippen LogP contribution is 2.40. The lowest BCUT2D eigenvalue weighted by atomic mass is 10.0. The van der Waals surface area contributed by atoms with Crippen LogP contribution in [0.2, 0.25) is 0 Å². The largest absolute Gasteiger partial charge is 0.344 e. The van der Waals surface area contributed by atoms with Crippen molar-refractivity contribution in [2.45, 2.75) is 6.17 Å². The molecule has 1 N–H and O–H groups in total. The van der Waals surface area contributed by atoms with Crippen molar-refractivity contribution in [3.8, 4) is 11.4 Å². The number of nitrogens with one attached hydrogen (secondary N) is 1. The van der Waals surface area contributed by atoms with Crippen LogP contribution in [0.15, 0.2) is 198 Å². The fourth-order valence-corrected chi connectivity index (χ4v) is 8.20. The van der Waals surface area contributed by atoms with Crippen LogP contribution in [-0.4, -0.2) is 20.8 Å². The number of nitrogens with zero attached hydrogens (tertiary/aromatic N) is 4. The summed E-state index contributed by atoms with van der Waals surface area (Å²) in [6, 6.07) is 66.9. The molecule has 1 atom stereocenters. The maximum absolute atomic E-state index is 5.11. The van der Waals surface area contributed by atoms with Crippen LogP contribution < -0.4 is 5.32 Å². The summed E-state index contributed by atoms with van der Waals surface area (Å²) in [4.78, 5) is 10.2. The second-order valence-electron chi connectivity index (χ2n) is 13.9. The predicted octanol–water partition coefficient (Wildman–Crippen LogP) is 11.5. The van der Waals surface area contributed by atoms with Gasteiger partial charge in [0.2, 0.25) is 0 Å². The zero-order valence-electron chi connectivity index (χ0n) is 29.3. The predicted molar refractivity (Wildman–Crippen MR) is 224 cm³/mol. The molecule has 2 aromatic heterocycles. The van der Waals surface area contributed by atoms with E-state index in [4.69, 9.17) is 9.98 Å². The number of aromatic nitrogens is 2. The number of benzene rings is 8. The van der Waals surface area contributed by atoms with Crippen LogP contribution in [0.4, 0.5) is 0 Å². The molecule has 1 unspecified atom stereocenters. The fourth-order valence-electron chi connectivity index (χ4n) is 8.20. The normalized spacial score (nSPS) is 14.5. The SMILES string of the molecule is c1ccc(C2=NC(c3ccc4cc(-n5c6ccccc6c6cc7c8ccccc8n(-c8ccccc8)c7cc65)ccc4c3)=NC(c3ccccc3)N2)cc1. The molecule has 1 aliphatic heterocycles. The molecule has 5 nitrogen and oxygen atoms in total. The molecule has 10 aromatic rings. The van der Waals surface area contributed by atoms with Crippen LogP contribution in [0.3, 0.4) is 0 Å². The first-order valence-corrected chi connectivity index (χ1v) is 18.4. The van der Waals surface area contributed by atoms with Crippen molar-refractivity contribution < 1.29 is 0 Å². The monoisotopic (exact) mass is 691 g/mol. The third-order valence-electron chi connectivity index (χ3n) is 10.7. The number of fused-ring (bicyclic) bond motifs is 7. The number of hydrogen-bond acceptors (Lipinski definition) is 3. The number of hydrogen-bond donors (Lipinski definition) is 1. The fraction of sp³-hybridized carbons (Fsp3) is 0.0204. The molecule has 0 saturated heterocycles. The lowest BCUT2D eigenvalue weighted by Crippen LogP contribution is -2.33. The Labute approximate surface area is 311 Å². The molecule has 0 spiro atoms. The molecule has 3 heterocycles. The minimum atomic E-state index is -0.241. The van der Waals surface area contributed by atoms with E-state index in [-0.39, 0.29) is 6.17 Å². The third-order valence-corrected chi connectivity index (χ3v) is 10.7. The first-order valence-electron chi connectivity index (χ1n) is 18.4. The average Bonchev–Trinajstić information content (AvgIpc) is 3.75. The van der Waals surface area contributed by atoms with Crippen LogP contribution in [-0.2, 0) is 0 Å². The Morgan fingerprint density at radius 2 is 0.981 bits per heavy atom. The number of amidine groups is 2. The minimum Gasteiger partial charge on any atom is -0.344 e. The Morgan fingerprint density at radius 3 is 1.69 bits per heavy atom. The summed E-state index contributed by atoms with van der Waals surface area (Å²) in [6.45, 7) is 0. The molecule has 5 heteroatoms. The molecule has 11 rings (SSSR count). The quantitative estimate of drug-likeness (QED) is 0.192. The highest BCUT2D eigenvalue weighted by Gasteiger charge is 2.22. The Bertz CT molecular complexity index is 3120. The summed E-state index contributed by atoms with van der Waals surface area (Å²) in [5.74, 6) is 1.53. The van der Waals surface area contributed by atoms with Gasteiger partial charge < -0.3 is 14.5 Å². The van der Waals surface area contributed by atoms with Gasteiger partial charge in [-0.1, -0.05) is 133 Å². The molecule has 0 bridgehead atoms. The second kappa shape index (κ2) is 12.2. The van der Waals surface area contributed by atoms with Gasteiger partial charge in [-0.2, -0.15) is 0 Å². The van der Waals surface area contributed by atoms with Crippen LogP contribution in [0.25, 0.3) is 65.8 Å². The maximum atomic E-state index is 5.11. The van der Waals surface area contributed by atoms with Gasteiger partial charge in [0.25, 0.3) is 0 Å². The van der Waals surface area contributed by atoms with Gasteiger partial charge in [-0.05, 0) is 70.9 Å². The Hall–Kier alpha value is -7.24. The summed E-state index contributed by atoms with van der Waals surface area (Å²) in [7, 11) is 0. The Morgan fingerprint density at radius 1 is 0.407 bits per heavy atom. The smallest absolute Gasteiger partial charge is 0.159 e.